The summed E-state index contributed by atoms with van der Waals surface area (Å²) in [6, 6.07) is 18.6. The Hall–Kier alpha value is -3.87. The van der Waals surface area contributed by atoms with E-state index in [0.29, 0.717) is 30.1 Å². The van der Waals surface area contributed by atoms with Crippen molar-refractivity contribution in [2.45, 2.75) is 32.6 Å². The molecule has 0 spiro atoms. The van der Waals surface area contributed by atoms with E-state index in [0.717, 1.165) is 35.5 Å². The number of hydrogen-bond acceptors (Lipinski definition) is 4. The highest BCUT2D eigenvalue weighted by molar-refractivity contribution is 6.05. The molecule has 0 bridgehead atoms. The van der Waals surface area contributed by atoms with Gasteiger partial charge in [-0.2, -0.15) is 0 Å². The Labute approximate surface area is 200 Å². The van der Waals surface area contributed by atoms with Gasteiger partial charge in [-0.25, -0.2) is 4.79 Å². The summed E-state index contributed by atoms with van der Waals surface area (Å²) >= 11 is 0. The van der Waals surface area contributed by atoms with Gasteiger partial charge in [0.2, 0.25) is 0 Å². The van der Waals surface area contributed by atoms with Gasteiger partial charge in [-0.05, 0) is 68.7 Å². The lowest BCUT2D eigenvalue weighted by molar-refractivity contribution is 0.102. The second-order valence-corrected chi connectivity index (χ2v) is 8.63. The first kappa shape index (κ1) is 23.3. The van der Waals surface area contributed by atoms with Crippen molar-refractivity contribution >= 4 is 23.3 Å². The van der Waals surface area contributed by atoms with Gasteiger partial charge in [-0.15, -0.1) is 0 Å². The third-order valence-corrected chi connectivity index (χ3v) is 6.07. The molecule has 0 atom stereocenters. The number of aryl methyl sites for hydroxylation is 2. The standard InChI is InChI=1S/C27H30N4O3/c1-18-6-4-7-21(16-18)29-26(32)24-11-10-19(2)28-25(24)20-12-14-31(15-13-20)27(33)30-22-8-5-9-23(17-22)34-3/h4-11,16-17,20H,12-15H2,1-3H3,(H,29,32)(H,30,33). The molecule has 0 unspecified atom stereocenters. The van der Waals surface area contributed by atoms with Crippen molar-refractivity contribution in [1.29, 1.82) is 0 Å². The number of aromatic nitrogens is 1. The topological polar surface area (TPSA) is 83.6 Å². The molecule has 7 heteroatoms. The van der Waals surface area contributed by atoms with Crippen molar-refractivity contribution in [2.75, 3.05) is 30.8 Å². The number of urea groups is 1. The minimum absolute atomic E-state index is 0.110. The molecule has 0 radical (unpaired) electrons. The van der Waals surface area contributed by atoms with E-state index in [1.807, 2.05) is 68.4 Å². The first-order valence-electron chi connectivity index (χ1n) is 11.5. The number of carbonyl (C=O) groups is 2. The number of pyridine rings is 1. The highest BCUT2D eigenvalue weighted by atomic mass is 16.5. The molecule has 3 amide bonds. The zero-order valence-electron chi connectivity index (χ0n) is 19.8. The van der Waals surface area contributed by atoms with Gasteiger partial charge in [-0.1, -0.05) is 18.2 Å². The number of rotatable bonds is 5. The predicted octanol–water partition coefficient (Wildman–Crippen LogP) is 5.37. The predicted molar refractivity (Wildman–Crippen MR) is 134 cm³/mol. The molecule has 4 rings (SSSR count). The third-order valence-electron chi connectivity index (χ3n) is 6.07. The number of nitrogens with one attached hydrogen (secondary N) is 2. The van der Waals surface area contributed by atoms with Crippen molar-refractivity contribution < 1.29 is 14.3 Å². The van der Waals surface area contributed by atoms with Crippen LogP contribution in [0.3, 0.4) is 0 Å². The highest BCUT2D eigenvalue weighted by Crippen LogP contribution is 2.30. The number of anilines is 2. The minimum Gasteiger partial charge on any atom is -0.497 e. The first-order valence-corrected chi connectivity index (χ1v) is 11.5. The van der Waals surface area contributed by atoms with Gasteiger partial charge < -0.3 is 20.3 Å². The van der Waals surface area contributed by atoms with Crippen LogP contribution in [0.15, 0.2) is 60.7 Å². The molecule has 1 aliphatic heterocycles. The van der Waals surface area contributed by atoms with Crippen LogP contribution in [-0.2, 0) is 0 Å². The fraction of sp³-hybridized carbons (Fsp3) is 0.296. The zero-order chi connectivity index (χ0) is 24.1. The number of nitrogens with zero attached hydrogens (tertiary/aromatic N) is 2. The summed E-state index contributed by atoms with van der Waals surface area (Å²) in [5.41, 5.74) is 4.81. The second kappa shape index (κ2) is 10.4. The Morgan fingerprint density at radius 3 is 2.35 bits per heavy atom. The summed E-state index contributed by atoms with van der Waals surface area (Å²) in [5.74, 6) is 0.642. The van der Waals surface area contributed by atoms with Crippen molar-refractivity contribution in [3.63, 3.8) is 0 Å². The van der Waals surface area contributed by atoms with Crippen molar-refractivity contribution in [1.82, 2.24) is 9.88 Å². The fourth-order valence-corrected chi connectivity index (χ4v) is 4.26. The summed E-state index contributed by atoms with van der Waals surface area (Å²) in [7, 11) is 1.60. The lowest BCUT2D eigenvalue weighted by Crippen LogP contribution is -2.41. The van der Waals surface area contributed by atoms with Crippen LogP contribution in [0.5, 0.6) is 5.75 Å². The molecule has 0 saturated carbocycles. The van der Waals surface area contributed by atoms with Gasteiger partial charge in [0.15, 0.2) is 0 Å². The molecule has 1 fully saturated rings. The SMILES string of the molecule is COc1cccc(NC(=O)N2CCC(c3nc(C)ccc3C(=O)Nc3cccc(C)c3)CC2)c1. The fourth-order valence-electron chi connectivity index (χ4n) is 4.26. The summed E-state index contributed by atoms with van der Waals surface area (Å²) < 4.78 is 5.22. The van der Waals surface area contributed by atoms with Crippen molar-refractivity contribution in [2.24, 2.45) is 0 Å². The van der Waals surface area contributed by atoms with Crippen LogP contribution in [0.1, 0.15) is 46.1 Å². The Morgan fingerprint density at radius 1 is 0.941 bits per heavy atom. The molecular weight excluding hydrogens is 428 g/mol. The monoisotopic (exact) mass is 458 g/mol. The maximum Gasteiger partial charge on any atom is 0.321 e. The summed E-state index contributed by atoms with van der Waals surface area (Å²) in [4.78, 5) is 32.4. The molecular formula is C27H30N4O3. The Bertz CT molecular complexity index is 1190. The van der Waals surface area contributed by atoms with Gasteiger partial charge >= 0.3 is 6.03 Å². The maximum absolute atomic E-state index is 13.1. The van der Waals surface area contributed by atoms with Gasteiger partial charge in [0.05, 0.1) is 18.4 Å². The molecule has 1 aliphatic rings. The largest absolute Gasteiger partial charge is 0.497 e. The molecule has 1 saturated heterocycles. The Kier molecular flexibility index (Phi) is 7.11. The number of carbonyl (C=O) groups excluding carboxylic acids is 2. The van der Waals surface area contributed by atoms with Crippen LogP contribution in [0.2, 0.25) is 0 Å². The highest BCUT2D eigenvalue weighted by Gasteiger charge is 2.28. The summed E-state index contributed by atoms with van der Waals surface area (Å²) in [6.07, 6.45) is 1.49. The molecule has 2 heterocycles. The first-order chi connectivity index (χ1) is 16.4. The number of amides is 3. The molecule has 1 aromatic heterocycles. The van der Waals surface area contributed by atoms with E-state index < -0.39 is 0 Å². The molecule has 176 valence electrons. The minimum atomic E-state index is -0.161. The van der Waals surface area contributed by atoms with Crippen LogP contribution in [0.4, 0.5) is 16.2 Å². The van der Waals surface area contributed by atoms with Gasteiger partial charge in [0.1, 0.15) is 5.75 Å². The summed E-state index contributed by atoms with van der Waals surface area (Å²) in [5, 5.41) is 5.94. The van der Waals surface area contributed by atoms with Gasteiger partial charge in [0, 0.05) is 42.1 Å². The maximum atomic E-state index is 13.1. The van der Waals surface area contributed by atoms with E-state index in [1.165, 1.54) is 0 Å². The third kappa shape index (κ3) is 5.54. The van der Waals surface area contributed by atoms with Gasteiger partial charge in [-0.3, -0.25) is 9.78 Å². The zero-order valence-corrected chi connectivity index (χ0v) is 19.8. The average molecular weight is 459 g/mol. The normalized spacial score (nSPS) is 13.9. The van der Waals surface area contributed by atoms with E-state index in [4.69, 9.17) is 9.72 Å². The lowest BCUT2D eigenvalue weighted by Gasteiger charge is -2.32. The smallest absolute Gasteiger partial charge is 0.321 e. The molecule has 0 aliphatic carbocycles. The molecule has 3 aromatic rings. The van der Waals surface area contributed by atoms with Crippen molar-refractivity contribution in [3.8, 4) is 5.75 Å². The number of piperidine rings is 1. The van der Waals surface area contributed by atoms with E-state index >= 15 is 0 Å². The van der Waals surface area contributed by atoms with Crippen LogP contribution in [-0.4, -0.2) is 42.0 Å². The molecule has 2 N–H and O–H groups in total. The molecule has 34 heavy (non-hydrogen) atoms. The van der Waals surface area contributed by atoms with Crippen LogP contribution in [0.25, 0.3) is 0 Å². The van der Waals surface area contributed by atoms with Crippen LogP contribution < -0.4 is 15.4 Å². The number of methoxy groups -OCH3 is 1. The Balaban J connectivity index is 1.43. The second-order valence-electron chi connectivity index (χ2n) is 8.63. The number of ether oxygens (including phenoxy) is 1. The number of likely N-dealkylation sites (tertiary alicyclic amines) is 1. The molecule has 2 aromatic carbocycles. The van der Waals surface area contributed by atoms with E-state index in [2.05, 4.69) is 10.6 Å². The van der Waals surface area contributed by atoms with Crippen molar-refractivity contribution in [3.05, 3.63) is 83.2 Å². The number of hydrogen-bond donors (Lipinski definition) is 2. The van der Waals surface area contributed by atoms with Crippen LogP contribution >= 0.6 is 0 Å². The van der Waals surface area contributed by atoms with E-state index in [-0.39, 0.29) is 17.9 Å². The lowest BCUT2D eigenvalue weighted by atomic mass is 9.90. The van der Waals surface area contributed by atoms with Gasteiger partial charge in [0.25, 0.3) is 5.91 Å². The van der Waals surface area contributed by atoms with E-state index in [9.17, 15) is 9.59 Å². The summed E-state index contributed by atoms with van der Waals surface area (Å²) in [6.45, 7) is 5.11. The van der Waals surface area contributed by atoms with Crippen LogP contribution in [0, 0.1) is 13.8 Å². The Morgan fingerprint density at radius 2 is 1.65 bits per heavy atom. The average Bonchev–Trinajstić information content (AvgIpc) is 2.84. The number of benzene rings is 2. The quantitative estimate of drug-likeness (QED) is 0.538. The molecule has 7 nitrogen and oxygen atoms in total. The van der Waals surface area contributed by atoms with E-state index in [1.54, 1.807) is 18.1 Å².